The molecule has 0 spiro atoms. The van der Waals surface area contributed by atoms with Crippen LogP contribution in [0.3, 0.4) is 0 Å². The van der Waals surface area contributed by atoms with Crippen molar-refractivity contribution in [3.63, 3.8) is 0 Å². The van der Waals surface area contributed by atoms with Crippen LogP contribution in [0.1, 0.15) is 6.42 Å². The number of hydrogen-bond donors (Lipinski definition) is 2. The van der Waals surface area contributed by atoms with Crippen LogP contribution in [0.5, 0.6) is 0 Å². The number of carbonyl (C=O) groups is 1. The summed E-state index contributed by atoms with van der Waals surface area (Å²) >= 11 is 1.60. The number of hydrogen-bond acceptors (Lipinski definition) is 3. The molecule has 0 aliphatic heterocycles. The molecule has 0 bridgehead atoms. The molecule has 0 fully saturated rings. The van der Waals surface area contributed by atoms with Gasteiger partial charge in [0, 0.05) is 19.5 Å². The fourth-order valence-corrected chi connectivity index (χ4v) is 0.858. The number of nitrogens with two attached hydrogens (primary N) is 1. The van der Waals surface area contributed by atoms with E-state index in [-0.39, 0.29) is 19.5 Å². The summed E-state index contributed by atoms with van der Waals surface area (Å²) in [7, 11) is 0. The Kier molecular flexibility index (Phi) is 9.78. The minimum Gasteiger partial charge on any atom is -0.480 e. The van der Waals surface area contributed by atoms with Gasteiger partial charge < -0.3 is 10.8 Å². The minimum absolute atomic E-state index is 0. The number of carboxylic acids is 1. The molecule has 0 saturated carbocycles. The van der Waals surface area contributed by atoms with Gasteiger partial charge in [-0.25, -0.2) is 0 Å². The maximum atomic E-state index is 10.1. The topological polar surface area (TPSA) is 63.3 Å². The van der Waals surface area contributed by atoms with Crippen molar-refractivity contribution >= 4 is 17.7 Å². The van der Waals surface area contributed by atoms with Gasteiger partial charge in [0.15, 0.2) is 0 Å². The Morgan fingerprint density at radius 3 is 2.60 bits per heavy atom. The average molecular weight is 215 g/mol. The van der Waals surface area contributed by atoms with E-state index in [0.29, 0.717) is 6.42 Å². The molecule has 0 amide bonds. The molecule has 10 heavy (non-hydrogen) atoms. The summed E-state index contributed by atoms with van der Waals surface area (Å²) in [5.41, 5.74) is 5.19. The van der Waals surface area contributed by atoms with Gasteiger partial charge in [0.2, 0.25) is 0 Å². The van der Waals surface area contributed by atoms with Crippen LogP contribution in [0.2, 0.25) is 0 Å². The second-order valence-electron chi connectivity index (χ2n) is 1.73. The van der Waals surface area contributed by atoms with Gasteiger partial charge in [-0.05, 0) is 18.4 Å². The van der Waals surface area contributed by atoms with Crippen molar-refractivity contribution in [1.29, 1.82) is 0 Å². The molecular weight excluding hydrogens is 204 g/mol. The van der Waals surface area contributed by atoms with Crippen molar-refractivity contribution in [2.45, 2.75) is 12.5 Å². The first kappa shape index (κ1) is 13.0. The zero-order valence-electron chi connectivity index (χ0n) is 6.04. The van der Waals surface area contributed by atoms with Crippen LogP contribution in [0.4, 0.5) is 0 Å². The molecule has 1 atom stereocenters. The number of thioether (sulfide) groups is 1. The molecule has 0 aromatic rings. The van der Waals surface area contributed by atoms with Crippen LogP contribution in [0.25, 0.3) is 0 Å². The molecule has 3 nitrogen and oxygen atoms in total. The van der Waals surface area contributed by atoms with Gasteiger partial charge in [0.05, 0.1) is 0 Å². The zero-order valence-corrected chi connectivity index (χ0v) is 9.82. The number of rotatable bonds is 4. The van der Waals surface area contributed by atoms with Gasteiger partial charge in [0.25, 0.3) is 0 Å². The average Bonchev–Trinajstić information content (AvgIpc) is 1.82. The van der Waals surface area contributed by atoms with Crippen LogP contribution in [0, 0.1) is 0 Å². The maximum absolute atomic E-state index is 10.1. The number of aliphatic carboxylic acids is 1. The molecule has 0 aromatic carbocycles. The van der Waals surface area contributed by atoms with Gasteiger partial charge >= 0.3 is 5.97 Å². The molecule has 0 rings (SSSR count). The summed E-state index contributed by atoms with van der Waals surface area (Å²) in [4.78, 5) is 10.1. The third-order valence-corrected chi connectivity index (χ3v) is 1.59. The van der Waals surface area contributed by atoms with E-state index in [1.807, 2.05) is 6.26 Å². The van der Waals surface area contributed by atoms with E-state index in [1.54, 1.807) is 11.8 Å². The zero-order chi connectivity index (χ0) is 7.28. The van der Waals surface area contributed by atoms with Crippen molar-refractivity contribution in [2.75, 3.05) is 12.0 Å². The molecule has 0 aliphatic rings. The van der Waals surface area contributed by atoms with Crippen LogP contribution in [-0.2, 0) is 24.3 Å². The monoisotopic (exact) mass is 213 g/mol. The molecule has 0 heterocycles. The van der Waals surface area contributed by atoms with Crippen molar-refractivity contribution in [2.24, 2.45) is 5.73 Å². The summed E-state index contributed by atoms with van der Waals surface area (Å²) in [6, 6.07) is -0.683. The van der Waals surface area contributed by atoms with Gasteiger partial charge in [-0.1, -0.05) is 0 Å². The molecule has 0 radical (unpaired) electrons. The summed E-state index contributed by atoms with van der Waals surface area (Å²) in [5, 5.41) is 8.27. The van der Waals surface area contributed by atoms with E-state index in [0.717, 1.165) is 5.75 Å². The van der Waals surface area contributed by atoms with Gasteiger partial charge in [-0.2, -0.15) is 11.8 Å². The van der Waals surface area contributed by atoms with E-state index >= 15 is 0 Å². The Labute approximate surface area is 77.5 Å². The minimum atomic E-state index is -0.913. The van der Waals surface area contributed by atoms with Crippen molar-refractivity contribution in [1.82, 2.24) is 0 Å². The van der Waals surface area contributed by atoms with E-state index < -0.39 is 12.0 Å². The van der Waals surface area contributed by atoms with Gasteiger partial charge in [0.1, 0.15) is 6.04 Å². The van der Waals surface area contributed by atoms with E-state index in [2.05, 4.69) is 0 Å². The van der Waals surface area contributed by atoms with E-state index in [9.17, 15) is 4.79 Å². The fraction of sp³-hybridized carbons (Fsp3) is 0.800. The first-order valence-electron chi connectivity index (χ1n) is 2.65. The third kappa shape index (κ3) is 6.52. The Hall–Kier alpha value is 0.403. The van der Waals surface area contributed by atoms with Crippen LogP contribution in [-0.4, -0.2) is 29.1 Å². The largest absolute Gasteiger partial charge is 0.480 e. The molecule has 5 heteroatoms. The van der Waals surface area contributed by atoms with E-state index in [4.69, 9.17) is 10.8 Å². The van der Waals surface area contributed by atoms with Gasteiger partial charge in [-0.3, -0.25) is 4.79 Å². The molecule has 3 N–H and O–H groups in total. The number of carboxylic acid groups (broad SMARTS) is 1. The standard InChI is InChI=1S/C5H11NO2S.Zn/c1-9-3-2-4(6)5(7)8;/h4H,2-3,6H2,1H3,(H,7,8);. The normalized spacial score (nSPS) is 11.8. The first-order valence-corrected chi connectivity index (χ1v) is 4.05. The van der Waals surface area contributed by atoms with Crippen molar-refractivity contribution in [3.05, 3.63) is 0 Å². The summed E-state index contributed by atoms with van der Waals surface area (Å²) < 4.78 is 0. The predicted octanol–water partition coefficient (Wildman–Crippen LogP) is 0.149. The first-order chi connectivity index (χ1) is 4.18. The Balaban J connectivity index is 0. The Morgan fingerprint density at radius 1 is 1.80 bits per heavy atom. The molecule has 56 valence electrons. The summed E-state index contributed by atoms with van der Waals surface area (Å²) in [6.07, 6.45) is 2.48. The molecule has 0 aliphatic carbocycles. The van der Waals surface area contributed by atoms with Crippen molar-refractivity contribution in [3.8, 4) is 0 Å². The van der Waals surface area contributed by atoms with Crippen LogP contribution < -0.4 is 5.73 Å². The molecule has 0 saturated heterocycles. The predicted molar refractivity (Wildman–Crippen MR) is 38.6 cm³/mol. The SMILES string of the molecule is CSCCC(N)C(=O)O.[Zn]. The Morgan fingerprint density at radius 2 is 2.30 bits per heavy atom. The van der Waals surface area contributed by atoms with E-state index in [1.165, 1.54) is 0 Å². The third-order valence-electron chi connectivity index (χ3n) is 0.950. The molecular formula is C5H11NO2SZn. The fourth-order valence-electron chi connectivity index (χ4n) is 0.368. The molecule has 0 aromatic heterocycles. The maximum Gasteiger partial charge on any atom is 0.320 e. The summed E-state index contributed by atoms with van der Waals surface area (Å²) in [6.45, 7) is 0. The Bertz CT molecular complexity index is 102. The second kappa shape index (κ2) is 7.51. The van der Waals surface area contributed by atoms with Gasteiger partial charge in [-0.15, -0.1) is 0 Å². The van der Waals surface area contributed by atoms with Crippen molar-refractivity contribution < 1.29 is 29.4 Å². The van der Waals surface area contributed by atoms with Crippen LogP contribution >= 0.6 is 11.8 Å². The van der Waals surface area contributed by atoms with Crippen LogP contribution in [0.15, 0.2) is 0 Å². The quantitative estimate of drug-likeness (QED) is 0.654. The summed E-state index contributed by atoms with van der Waals surface area (Å²) in [5.74, 6) is -0.1000. The smallest absolute Gasteiger partial charge is 0.320 e. The molecule has 1 unspecified atom stereocenters. The second-order valence-corrected chi connectivity index (χ2v) is 2.71.